The number of benzene rings is 1. The smallest absolute Gasteiger partial charge is 0.344 e. The van der Waals surface area contributed by atoms with E-state index in [1.165, 1.54) is 11.8 Å². The third-order valence-electron chi connectivity index (χ3n) is 3.68. The van der Waals surface area contributed by atoms with E-state index in [0.29, 0.717) is 26.2 Å². The summed E-state index contributed by atoms with van der Waals surface area (Å²) in [4.78, 5) is 31.3. The summed E-state index contributed by atoms with van der Waals surface area (Å²) in [5.74, 6) is 0.00643. The minimum Gasteiger partial charge on any atom is -0.480 e. The maximum Gasteiger partial charge on any atom is 0.344 e. The molecule has 1 aliphatic rings. The molecule has 0 saturated carbocycles. The predicted molar refractivity (Wildman–Crippen MR) is 124 cm³/mol. The molecule has 0 aromatic heterocycles. The van der Waals surface area contributed by atoms with E-state index in [9.17, 15) is 9.59 Å². The number of hydrogen-bond acceptors (Lipinski definition) is 6. The van der Waals surface area contributed by atoms with E-state index in [0.717, 1.165) is 10.7 Å². The fourth-order valence-corrected chi connectivity index (χ4v) is 5.22. The van der Waals surface area contributed by atoms with Crippen molar-refractivity contribution < 1.29 is 19.1 Å². The summed E-state index contributed by atoms with van der Waals surface area (Å²) >= 11 is 8.32. The van der Waals surface area contributed by atoms with Gasteiger partial charge in [0.2, 0.25) is 0 Å². The highest BCUT2D eigenvalue weighted by molar-refractivity contribution is 9.11. The number of nitrogens with zero attached hydrogens (tertiary/aromatic N) is 2. The number of amidine groups is 1. The summed E-state index contributed by atoms with van der Waals surface area (Å²) in [6, 6.07) is 3.80. The van der Waals surface area contributed by atoms with Crippen LogP contribution in [0.25, 0.3) is 6.08 Å². The normalized spacial score (nSPS) is 17.1. The highest BCUT2D eigenvalue weighted by Gasteiger charge is 2.35. The molecule has 0 unspecified atom stereocenters. The standard InChI is InChI=1S/C20H24Br2N2O4S/c1-6-27-17(25)10-28-18-14(21)7-13(8-15(18)22)9-16-19(26)24(12(4)5)20(29-16)23-11(2)3/h7-9,11-12H,6,10H2,1-5H3/b16-9+,23-20?. The van der Waals surface area contributed by atoms with Gasteiger partial charge >= 0.3 is 5.97 Å². The Kier molecular flexibility index (Phi) is 8.78. The third kappa shape index (κ3) is 6.33. The molecule has 2 rings (SSSR count). The topological polar surface area (TPSA) is 68.2 Å². The minimum atomic E-state index is -0.434. The van der Waals surface area contributed by atoms with Gasteiger partial charge in [-0.25, -0.2) is 4.79 Å². The van der Waals surface area contributed by atoms with Gasteiger partial charge in [0.15, 0.2) is 11.8 Å². The van der Waals surface area contributed by atoms with Gasteiger partial charge in [0.05, 0.1) is 20.5 Å². The second kappa shape index (κ2) is 10.6. The van der Waals surface area contributed by atoms with Crippen molar-refractivity contribution in [1.82, 2.24) is 4.90 Å². The Hall–Kier alpha value is -1.32. The zero-order valence-corrected chi connectivity index (χ0v) is 21.0. The molecular weight excluding hydrogens is 524 g/mol. The molecule has 0 bridgehead atoms. The van der Waals surface area contributed by atoms with Gasteiger partial charge in [0.25, 0.3) is 5.91 Å². The van der Waals surface area contributed by atoms with Gasteiger partial charge in [0.1, 0.15) is 5.75 Å². The zero-order valence-electron chi connectivity index (χ0n) is 17.0. The zero-order chi connectivity index (χ0) is 21.7. The van der Waals surface area contributed by atoms with Crippen molar-refractivity contribution in [3.63, 3.8) is 0 Å². The Morgan fingerprint density at radius 3 is 2.38 bits per heavy atom. The first-order valence-electron chi connectivity index (χ1n) is 9.22. The predicted octanol–water partition coefficient (Wildman–Crippen LogP) is 5.24. The molecule has 29 heavy (non-hydrogen) atoms. The molecule has 158 valence electrons. The minimum absolute atomic E-state index is 0.0236. The molecule has 1 fully saturated rings. The number of rotatable bonds is 7. The Morgan fingerprint density at radius 1 is 1.24 bits per heavy atom. The number of esters is 1. The van der Waals surface area contributed by atoms with E-state index in [1.54, 1.807) is 11.8 Å². The molecule has 6 nitrogen and oxygen atoms in total. The fraction of sp³-hybridized carbons (Fsp3) is 0.450. The quantitative estimate of drug-likeness (QED) is 0.345. The van der Waals surface area contributed by atoms with Crippen molar-refractivity contribution >= 4 is 66.7 Å². The van der Waals surface area contributed by atoms with Crippen molar-refractivity contribution in [2.24, 2.45) is 4.99 Å². The molecular formula is C20H24Br2N2O4S. The van der Waals surface area contributed by atoms with Gasteiger partial charge < -0.3 is 9.47 Å². The van der Waals surface area contributed by atoms with Crippen molar-refractivity contribution in [3.05, 3.63) is 31.5 Å². The van der Waals surface area contributed by atoms with Crippen LogP contribution >= 0.6 is 43.6 Å². The number of carbonyl (C=O) groups excluding carboxylic acids is 2. The highest BCUT2D eigenvalue weighted by Crippen LogP contribution is 2.38. The van der Waals surface area contributed by atoms with Crippen molar-refractivity contribution in [1.29, 1.82) is 0 Å². The van der Waals surface area contributed by atoms with Gasteiger partial charge in [-0.05, 0) is 102 Å². The fourth-order valence-electron chi connectivity index (χ4n) is 2.54. The second-order valence-corrected chi connectivity index (χ2v) is 9.51. The molecule has 0 spiro atoms. The molecule has 1 saturated heterocycles. The molecule has 1 aromatic rings. The van der Waals surface area contributed by atoms with Crippen LogP contribution in [0.2, 0.25) is 0 Å². The summed E-state index contributed by atoms with van der Waals surface area (Å²) in [7, 11) is 0. The summed E-state index contributed by atoms with van der Waals surface area (Å²) in [6.07, 6.45) is 1.83. The average molecular weight is 548 g/mol. The van der Waals surface area contributed by atoms with Gasteiger partial charge in [-0.1, -0.05) is 0 Å². The first kappa shape index (κ1) is 24.0. The van der Waals surface area contributed by atoms with E-state index in [1.807, 2.05) is 45.9 Å². The number of carbonyl (C=O) groups is 2. The van der Waals surface area contributed by atoms with Crippen LogP contribution in [0.1, 0.15) is 40.2 Å². The maximum atomic E-state index is 12.9. The molecule has 1 amide bonds. The number of aliphatic imine (C=N–C) groups is 1. The van der Waals surface area contributed by atoms with Crippen LogP contribution in [-0.4, -0.2) is 47.2 Å². The lowest BCUT2D eigenvalue weighted by Gasteiger charge is -2.20. The Morgan fingerprint density at radius 2 is 1.86 bits per heavy atom. The molecule has 1 heterocycles. The van der Waals surface area contributed by atoms with Gasteiger partial charge in [0, 0.05) is 12.1 Å². The van der Waals surface area contributed by atoms with Crippen LogP contribution in [0.15, 0.2) is 31.0 Å². The summed E-state index contributed by atoms with van der Waals surface area (Å²) in [5.41, 5.74) is 0.817. The Balaban J connectivity index is 2.28. The van der Waals surface area contributed by atoms with Crippen LogP contribution in [0.4, 0.5) is 0 Å². The molecule has 0 N–H and O–H groups in total. The summed E-state index contributed by atoms with van der Waals surface area (Å²) < 4.78 is 11.7. The Labute approximate surface area is 192 Å². The highest BCUT2D eigenvalue weighted by atomic mass is 79.9. The monoisotopic (exact) mass is 546 g/mol. The van der Waals surface area contributed by atoms with Crippen LogP contribution < -0.4 is 4.74 Å². The van der Waals surface area contributed by atoms with Crippen LogP contribution in [0.3, 0.4) is 0 Å². The number of ether oxygens (including phenoxy) is 2. The molecule has 9 heteroatoms. The van der Waals surface area contributed by atoms with Gasteiger partial charge in [-0.2, -0.15) is 0 Å². The van der Waals surface area contributed by atoms with E-state index >= 15 is 0 Å². The first-order chi connectivity index (χ1) is 13.6. The average Bonchev–Trinajstić information content (AvgIpc) is 2.88. The second-order valence-electron chi connectivity index (χ2n) is 6.79. The molecule has 1 aliphatic heterocycles. The number of amides is 1. The van der Waals surface area contributed by atoms with Crippen molar-refractivity contribution in [2.45, 2.75) is 46.7 Å². The van der Waals surface area contributed by atoms with Gasteiger partial charge in [-0.15, -0.1) is 0 Å². The van der Waals surface area contributed by atoms with E-state index < -0.39 is 5.97 Å². The van der Waals surface area contributed by atoms with Gasteiger partial charge in [-0.3, -0.25) is 14.7 Å². The maximum absolute atomic E-state index is 12.9. The largest absolute Gasteiger partial charge is 0.480 e. The molecule has 0 aliphatic carbocycles. The number of thioether (sulfide) groups is 1. The van der Waals surface area contributed by atoms with E-state index in [2.05, 4.69) is 36.9 Å². The third-order valence-corrected chi connectivity index (χ3v) is 5.86. The lowest BCUT2D eigenvalue weighted by molar-refractivity contribution is -0.145. The number of halogens is 2. The SMILES string of the molecule is CCOC(=O)COc1c(Br)cc(/C=C2/SC(=NC(C)C)N(C(C)C)C2=O)cc1Br. The van der Waals surface area contributed by atoms with Crippen molar-refractivity contribution in [3.8, 4) is 5.75 Å². The summed E-state index contributed by atoms with van der Waals surface area (Å²) in [5, 5.41) is 0.721. The number of hydrogen-bond donors (Lipinski definition) is 0. The first-order valence-corrected chi connectivity index (χ1v) is 11.6. The van der Waals surface area contributed by atoms with Crippen LogP contribution in [-0.2, 0) is 14.3 Å². The summed E-state index contributed by atoms with van der Waals surface area (Å²) in [6.45, 7) is 9.78. The lowest BCUT2D eigenvalue weighted by Crippen LogP contribution is -2.35. The van der Waals surface area contributed by atoms with E-state index in [4.69, 9.17) is 9.47 Å². The Bertz CT molecular complexity index is 830. The molecule has 0 atom stereocenters. The van der Waals surface area contributed by atoms with Crippen LogP contribution in [0, 0.1) is 0 Å². The molecule has 0 radical (unpaired) electrons. The van der Waals surface area contributed by atoms with E-state index in [-0.39, 0.29) is 24.6 Å². The lowest BCUT2D eigenvalue weighted by atomic mass is 10.2. The van der Waals surface area contributed by atoms with Crippen LogP contribution in [0.5, 0.6) is 5.75 Å². The molecule has 1 aromatic carbocycles. The van der Waals surface area contributed by atoms with Crippen molar-refractivity contribution in [2.75, 3.05) is 13.2 Å².